The van der Waals surface area contributed by atoms with E-state index in [0.717, 1.165) is 0 Å². The summed E-state index contributed by atoms with van der Waals surface area (Å²) in [6.07, 6.45) is -6.87. The quantitative estimate of drug-likeness (QED) is 0.592. The van der Waals surface area contributed by atoms with E-state index in [0.29, 0.717) is 12.5 Å². The van der Waals surface area contributed by atoms with E-state index in [9.17, 15) is 31.9 Å². The van der Waals surface area contributed by atoms with Crippen LogP contribution in [-0.2, 0) is 5.38 Å². The number of nitrogens with one attached hydrogen (secondary N) is 1. The fraction of sp³-hybridized carbons (Fsp3) is 0.471. The number of aliphatic hydroxyl groups is 1. The Kier molecular flexibility index (Phi) is 4.88. The van der Waals surface area contributed by atoms with Crippen LogP contribution in [0.3, 0.4) is 0 Å². The number of anilines is 1. The molecule has 2 N–H and O–H groups in total. The fourth-order valence-electron chi connectivity index (χ4n) is 3.63. The highest BCUT2D eigenvalue weighted by atomic mass is 35.5. The second kappa shape index (κ2) is 6.63. The van der Waals surface area contributed by atoms with Crippen molar-refractivity contribution in [1.82, 2.24) is 4.98 Å². The molecule has 10 heteroatoms. The van der Waals surface area contributed by atoms with E-state index < -0.39 is 34.8 Å². The second-order valence-corrected chi connectivity index (χ2v) is 7.14. The van der Waals surface area contributed by atoms with E-state index in [1.165, 1.54) is 23.1 Å². The van der Waals surface area contributed by atoms with Gasteiger partial charge in [-0.05, 0) is 49.6 Å². The van der Waals surface area contributed by atoms with Crippen molar-refractivity contribution in [2.75, 3.05) is 4.90 Å². The first-order chi connectivity index (χ1) is 12.4. The molecule has 1 aromatic heterocycles. The first-order valence-corrected chi connectivity index (χ1v) is 8.55. The molecule has 3 atom stereocenters. The summed E-state index contributed by atoms with van der Waals surface area (Å²) in [6.45, 7) is 1.69. The Bertz CT molecular complexity index is 909. The molecule has 27 heavy (non-hydrogen) atoms. The number of H-pyrrole nitrogens is 1. The third-order valence-corrected chi connectivity index (χ3v) is 5.05. The lowest BCUT2D eigenvalue weighted by Gasteiger charge is -2.34. The van der Waals surface area contributed by atoms with Crippen molar-refractivity contribution in [3.05, 3.63) is 40.2 Å². The molecule has 1 fully saturated rings. The molecule has 4 nitrogen and oxygen atoms in total. The summed E-state index contributed by atoms with van der Waals surface area (Å²) in [7, 11) is 0. The number of aromatic amines is 1. The summed E-state index contributed by atoms with van der Waals surface area (Å²) < 4.78 is 66.4. The predicted octanol–water partition coefficient (Wildman–Crippen LogP) is 4.10. The molecular weight excluding hydrogens is 395 g/mol. The van der Waals surface area contributed by atoms with Gasteiger partial charge < -0.3 is 15.0 Å². The number of halogens is 6. The number of pyridine rings is 1. The van der Waals surface area contributed by atoms with Crippen molar-refractivity contribution in [2.45, 2.75) is 49.5 Å². The number of aliphatic hydroxyl groups excluding tert-OH is 1. The Morgan fingerprint density at radius 1 is 1.22 bits per heavy atom. The molecule has 1 aliphatic heterocycles. The van der Waals surface area contributed by atoms with E-state index in [4.69, 9.17) is 11.6 Å². The highest BCUT2D eigenvalue weighted by Crippen LogP contribution is 2.40. The van der Waals surface area contributed by atoms with Gasteiger partial charge >= 0.3 is 11.6 Å². The summed E-state index contributed by atoms with van der Waals surface area (Å²) in [4.78, 5) is 15.3. The number of nitrogens with zero attached hydrogens (tertiary/aromatic N) is 1. The molecule has 0 bridgehead atoms. The number of benzene rings is 1. The van der Waals surface area contributed by atoms with Crippen LogP contribution in [0.1, 0.15) is 25.3 Å². The van der Waals surface area contributed by atoms with Crippen LogP contribution < -0.4 is 10.5 Å². The zero-order valence-electron chi connectivity index (χ0n) is 14.0. The molecule has 0 unspecified atom stereocenters. The van der Waals surface area contributed by atoms with Gasteiger partial charge in [-0.3, -0.25) is 4.79 Å². The Morgan fingerprint density at radius 2 is 1.89 bits per heavy atom. The van der Waals surface area contributed by atoms with E-state index in [1.54, 1.807) is 6.92 Å². The van der Waals surface area contributed by atoms with Crippen molar-refractivity contribution in [2.24, 2.45) is 0 Å². The monoisotopic (exact) mass is 410 g/mol. The lowest BCUT2D eigenvalue weighted by atomic mass is 10.1. The average Bonchev–Trinajstić information content (AvgIpc) is 2.92. The van der Waals surface area contributed by atoms with Gasteiger partial charge in [0.1, 0.15) is 0 Å². The van der Waals surface area contributed by atoms with Gasteiger partial charge in [0.2, 0.25) is 5.56 Å². The maximum atomic E-state index is 13.7. The number of hydrogen-bond donors (Lipinski definition) is 2. The van der Waals surface area contributed by atoms with Crippen molar-refractivity contribution in [3.63, 3.8) is 0 Å². The van der Waals surface area contributed by atoms with E-state index in [2.05, 4.69) is 4.98 Å². The minimum atomic E-state index is -4.80. The molecule has 3 rings (SSSR count). The molecule has 1 aromatic carbocycles. The first-order valence-electron chi connectivity index (χ1n) is 8.17. The Balaban J connectivity index is 2.13. The van der Waals surface area contributed by atoms with E-state index in [1.807, 2.05) is 0 Å². The van der Waals surface area contributed by atoms with Gasteiger partial charge in [0, 0.05) is 28.7 Å². The van der Waals surface area contributed by atoms with Gasteiger partial charge in [0.25, 0.3) is 0 Å². The molecule has 0 radical (unpaired) electrons. The van der Waals surface area contributed by atoms with Crippen LogP contribution in [0, 0.1) is 0 Å². The molecule has 0 saturated carbocycles. The van der Waals surface area contributed by atoms with Gasteiger partial charge in [0.15, 0.2) is 6.10 Å². The molecule has 0 aliphatic carbocycles. The number of fused-ring (bicyclic) bond motifs is 1. The summed E-state index contributed by atoms with van der Waals surface area (Å²) in [5.41, 5.74) is -1.19. The first kappa shape index (κ1) is 19.9. The maximum absolute atomic E-state index is 13.7. The second-order valence-electron chi connectivity index (χ2n) is 6.66. The van der Waals surface area contributed by atoms with E-state index >= 15 is 0 Å². The molecule has 1 aliphatic rings. The highest BCUT2D eigenvalue weighted by Gasteiger charge is 2.48. The summed E-state index contributed by atoms with van der Waals surface area (Å²) in [6, 6.07) is 3.10. The van der Waals surface area contributed by atoms with Gasteiger partial charge in [0.05, 0.1) is 11.6 Å². The summed E-state index contributed by atoms with van der Waals surface area (Å²) in [5.74, 6) is 0. The molecule has 2 aromatic rings. The SMILES string of the molecule is C[C@@H]1CC[C@H]([C@H](O)C(F)(F)F)N1c1ccc2[nH]c(=O)cc(C(F)(F)Cl)c2c1. The Hall–Kier alpha value is -1.87. The Morgan fingerprint density at radius 3 is 2.48 bits per heavy atom. The van der Waals surface area contributed by atoms with Crippen LogP contribution in [0.25, 0.3) is 10.9 Å². The van der Waals surface area contributed by atoms with Crippen molar-refractivity contribution in [3.8, 4) is 0 Å². The minimum absolute atomic E-state index is 0.0774. The van der Waals surface area contributed by atoms with Gasteiger partial charge in [-0.1, -0.05) is 0 Å². The molecule has 0 amide bonds. The number of hydrogen-bond acceptors (Lipinski definition) is 3. The zero-order chi connectivity index (χ0) is 20.1. The van der Waals surface area contributed by atoms with Gasteiger partial charge in [-0.2, -0.15) is 22.0 Å². The summed E-state index contributed by atoms with van der Waals surface area (Å²) >= 11 is 5.10. The predicted molar refractivity (Wildman–Crippen MR) is 91.3 cm³/mol. The van der Waals surface area contributed by atoms with Gasteiger partial charge in [-0.15, -0.1) is 0 Å². The van der Waals surface area contributed by atoms with Crippen molar-refractivity contribution >= 4 is 28.2 Å². The van der Waals surface area contributed by atoms with Crippen LogP contribution in [0.5, 0.6) is 0 Å². The standard InChI is InChI=1S/C17H16ClF5N2O2/c1-8-2-5-13(15(27)17(21,22)23)25(8)9-3-4-12-10(6-9)11(16(18,19)20)7-14(26)24-12/h3-4,6-8,13,15,27H,2,5H2,1H3,(H,24,26)/t8-,13-,15+/m1/s1. The number of rotatable bonds is 3. The van der Waals surface area contributed by atoms with Crippen molar-refractivity contribution in [1.29, 1.82) is 0 Å². The van der Waals surface area contributed by atoms with Crippen LogP contribution in [0.15, 0.2) is 29.1 Å². The maximum Gasteiger partial charge on any atom is 0.416 e. The van der Waals surface area contributed by atoms with Crippen LogP contribution >= 0.6 is 11.6 Å². The minimum Gasteiger partial charge on any atom is -0.382 e. The Labute approximate surface area is 155 Å². The topological polar surface area (TPSA) is 56.3 Å². The summed E-state index contributed by atoms with van der Waals surface area (Å²) in [5, 5.41) is 5.81. The number of aromatic nitrogens is 1. The molecular formula is C17H16ClF5N2O2. The number of alkyl halides is 6. The molecule has 0 spiro atoms. The van der Waals surface area contributed by atoms with Crippen LogP contribution in [0.4, 0.5) is 27.6 Å². The third kappa shape index (κ3) is 3.75. The molecule has 2 heterocycles. The van der Waals surface area contributed by atoms with Crippen molar-refractivity contribution < 1.29 is 27.1 Å². The lowest BCUT2D eigenvalue weighted by Crippen LogP contribution is -2.48. The lowest BCUT2D eigenvalue weighted by molar-refractivity contribution is -0.209. The largest absolute Gasteiger partial charge is 0.416 e. The van der Waals surface area contributed by atoms with E-state index in [-0.39, 0.29) is 29.1 Å². The third-order valence-electron chi connectivity index (χ3n) is 4.84. The fourth-order valence-corrected chi connectivity index (χ4v) is 3.78. The zero-order valence-corrected chi connectivity index (χ0v) is 14.8. The van der Waals surface area contributed by atoms with Gasteiger partial charge in [-0.25, -0.2) is 0 Å². The normalized spacial score (nSPS) is 22.4. The van der Waals surface area contributed by atoms with Crippen LogP contribution in [0.2, 0.25) is 0 Å². The molecule has 1 saturated heterocycles. The average molecular weight is 411 g/mol. The highest BCUT2D eigenvalue weighted by molar-refractivity contribution is 6.22. The van der Waals surface area contributed by atoms with Crippen LogP contribution in [-0.4, -0.2) is 34.5 Å². The smallest absolute Gasteiger partial charge is 0.382 e. The molecule has 148 valence electrons.